The van der Waals surface area contributed by atoms with E-state index in [-0.39, 0.29) is 11.7 Å². The third-order valence-electron chi connectivity index (χ3n) is 5.07. The van der Waals surface area contributed by atoms with Gasteiger partial charge >= 0.3 is 0 Å². The Morgan fingerprint density at radius 1 is 1.03 bits per heavy atom. The summed E-state index contributed by atoms with van der Waals surface area (Å²) in [6.45, 7) is 4.07. The van der Waals surface area contributed by atoms with Crippen molar-refractivity contribution in [3.8, 4) is 22.0 Å². The second kappa shape index (κ2) is 9.17. The van der Waals surface area contributed by atoms with Crippen LogP contribution in [0.1, 0.15) is 11.1 Å². The van der Waals surface area contributed by atoms with Crippen molar-refractivity contribution in [1.29, 1.82) is 0 Å². The summed E-state index contributed by atoms with van der Waals surface area (Å²) in [6.07, 6.45) is 0. The van der Waals surface area contributed by atoms with E-state index in [2.05, 4.69) is 34.6 Å². The molecule has 0 unspecified atom stereocenters. The first kappa shape index (κ1) is 21.4. The van der Waals surface area contributed by atoms with E-state index in [1.165, 1.54) is 22.0 Å². The molecule has 0 saturated carbocycles. The van der Waals surface area contributed by atoms with E-state index < -0.39 is 0 Å². The van der Waals surface area contributed by atoms with Gasteiger partial charge in [-0.1, -0.05) is 36.0 Å². The van der Waals surface area contributed by atoms with Crippen LogP contribution in [0.2, 0.25) is 0 Å². The van der Waals surface area contributed by atoms with Crippen LogP contribution in [-0.4, -0.2) is 26.8 Å². The predicted octanol–water partition coefficient (Wildman–Crippen LogP) is 6.36. The SMILES string of the molecule is Cc1ccc2nc(-c3ccc(NC(=O)CSc4nnc(-c5ccccc5C)o4)cc3)sc2c1. The number of anilines is 1. The first-order valence-corrected chi connectivity index (χ1v) is 12.2. The Morgan fingerprint density at radius 2 is 1.85 bits per heavy atom. The number of carbonyl (C=O) groups is 1. The number of hydrogen-bond acceptors (Lipinski definition) is 7. The molecule has 33 heavy (non-hydrogen) atoms. The molecule has 0 saturated heterocycles. The van der Waals surface area contributed by atoms with Gasteiger partial charge in [-0.15, -0.1) is 21.5 Å². The van der Waals surface area contributed by atoms with Gasteiger partial charge < -0.3 is 9.73 Å². The van der Waals surface area contributed by atoms with Crippen LogP contribution in [0.15, 0.2) is 76.4 Å². The van der Waals surface area contributed by atoms with Crippen LogP contribution in [0.25, 0.3) is 32.2 Å². The molecule has 0 atom stereocenters. The summed E-state index contributed by atoms with van der Waals surface area (Å²) in [5, 5.41) is 12.4. The molecule has 0 spiro atoms. The lowest BCUT2D eigenvalue weighted by atomic mass is 10.1. The average Bonchev–Trinajstić information content (AvgIpc) is 3.45. The first-order valence-electron chi connectivity index (χ1n) is 10.3. The van der Waals surface area contributed by atoms with Gasteiger partial charge in [-0.3, -0.25) is 4.79 Å². The fraction of sp³-hybridized carbons (Fsp3) is 0.120. The first-order chi connectivity index (χ1) is 16.0. The van der Waals surface area contributed by atoms with Crippen molar-refractivity contribution in [2.45, 2.75) is 19.1 Å². The third kappa shape index (κ3) is 4.81. The van der Waals surface area contributed by atoms with Crippen LogP contribution in [0.4, 0.5) is 5.69 Å². The Hall–Kier alpha value is -3.49. The molecule has 3 aromatic carbocycles. The number of amides is 1. The molecule has 5 aromatic rings. The summed E-state index contributed by atoms with van der Waals surface area (Å²) in [7, 11) is 0. The highest BCUT2D eigenvalue weighted by Crippen LogP contribution is 2.31. The van der Waals surface area contributed by atoms with E-state index in [1.807, 2.05) is 61.5 Å². The van der Waals surface area contributed by atoms with Crippen LogP contribution in [-0.2, 0) is 4.79 Å². The van der Waals surface area contributed by atoms with Crippen LogP contribution >= 0.6 is 23.1 Å². The van der Waals surface area contributed by atoms with Crippen molar-refractivity contribution >= 4 is 44.9 Å². The quantitative estimate of drug-likeness (QED) is 0.290. The number of fused-ring (bicyclic) bond motifs is 1. The molecule has 0 radical (unpaired) electrons. The summed E-state index contributed by atoms with van der Waals surface area (Å²) in [5.74, 6) is 0.490. The van der Waals surface area contributed by atoms with E-state index in [0.717, 1.165) is 32.9 Å². The molecule has 6 nitrogen and oxygen atoms in total. The van der Waals surface area contributed by atoms with Gasteiger partial charge in [0.15, 0.2) is 0 Å². The van der Waals surface area contributed by atoms with Gasteiger partial charge in [-0.05, 0) is 67.4 Å². The van der Waals surface area contributed by atoms with Gasteiger partial charge in [0.25, 0.3) is 5.22 Å². The number of benzene rings is 3. The van der Waals surface area contributed by atoms with Gasteiger partial charge in [-0.25, -0.2) is 4.98 Å². The highest BCUT2D eigenvalue weighted by atomic mass is 32.2. The smallest absolute Gasteiger partial charge is 0.277 e. The molecule has 2 aromatic heterocycles. The normalized spacial score (nSPS) is 11.1. The molecule has 0 aliphatic rings. The minimum Gasteiger partial charge on any atom is -0.411 e. The van der Waals surface area contributed by atoms with Crippen molar-refractivity contribution < 1.29 is 9.21 Å². The molecule has 1 amide bonds. The average molecular weight is 473 g/mol. The Labute approximate surface area is 199 Å². The van der Waals surface area contributed by atoms with Gasteiger partial charge in [-0.2, -0.15) is 0 Å². The Balaban J connectivity index is 1.19. The molecule has 2 heterocycles. The number of hydrogen-bond donors (Lipinski definition) is 1. The number of nitrogens with one attached hydrogen (secondary N) is 1. The second-order valence-electron chi connectivity index (χ2n) is 7.59. The van der Waals surface area contributed by atoms with Crippen LogP contribution in [0.5, 0.6) is 0 Å². The number of thiazole rings is 1. The molecular weight excluding hydrogens is 452 g/mol. The van der Waals surface area contributed by atoms with E-state index in [4.69, 9.17) is 9.40 Å². The Bertz CT molecular complexity index is 1440. The Kier molecular flexibility index (Phi) is 5.93. The highest BCUT2D eigenvalue weighted by molar-refractivity contribution is 7.99. The maximum Gasteiger partial charge on any atom is 0.277 e. The molecule has 0 fully saturated rings. The van der Waals surface area contributed by atoms with E-state index >= 15 is 0 Å². The molecule has 5 rings (SSSR count). The highest BCUT2D eigenvalue weighted by Gasteiger charge is 2.13. The van der Waals surface area contributed by atoms with Crippen LogP contribution in [0, 0.1) is 13.8 Å². The van der Waals surface area contributed by atoms with Gasteiger partial charge in [0.1, 0.15) is 5.01 Å². The lowest BCUT2D eigenvalue weighted by Crippen LogP contribution is -2.13. The Morgan fingerprint density at radius 3 is 2.67 bits per heavy atom. The number of carbonyl (C=O) groups excluding carboxylic acids is 1. The number of rotatable bonds is 6. The zero-order valence-corrected chi connectivity index (χ0v) is 19.7. The third-order valence-corrected chi connectivity index (χ3v) is 6.95. The number of aryl methyl sites for hydroxylation is 2. The summed E-state index contributed by atoms with van der Waals surface area (Å²) in [4.78, 5) is 17.1. The molecule has 0 aliphatic carbocycles. The largest absolute Gasteiger partial charge is 0.411 e. The van der Waals surface area contributed by atoms with Gasteiger partial charge in [0, 0.05) is 16.8 Å². The van der Waals surface area contributed by atoms with Crippen LogP contribution < -0.4 is 5.32 Å². The fourth-order valence-electron chi connectivity index (χ4n) is 3.37. The molecule has 164 valence electrons. The monoisotopic (exact) mass is 472 g/mol. The van der Waals surface area contributed by atoms with Gasteiger partial charge in [0.2, 0.25) is 11.8 Å². The maximum absolute atomic E-state index is 12.4. The standard InChI is InChI=1S/C25H20N4O2S2/c1-15-7-12-20-21(13-15)33-24(27-20)17-8-10-18(11-9-17)26-22(30)14-32-25-29-28-23(31-25)19-6-4-3-5-16(19)2/h3-13H,14H2,1-2H3,(H,26,30). The summed E-state index contributed by atoms with van der Waals surface area (Å²) < 4.78 is 6.88. The minimum absolute atomic E-state index is 0.140. The topological polar surface area (TPSA) is 80.9 Å². The summed E-state index contributed by atoms with van der Waals surface area (Å²) in [5.41, 5.74) is 5.93. The maximum atomic E-state index is 12.4. The van der Waals surface area contributed by atoms with Crippen molar-refractivity contribution in [2.75, 3.05) is 11.1 Å². The molecule has 1 N–H and O–H groups in total. The molecule has 0 bridgehead atoms. The number of nitrogens with zero attached hydrogens (tertiary/aromatic N) is 3. The minimum atomic E-state index is -0.140. The van der Waals surface area contributed by atoms with Crippen molar-refractivity contribution in [2.24, 2.45) is 0 Å². The zero-order chi connectivity index (χ0) is 22.8. The summed E-state index contributed by atoms with van der Waals surface area (Å²) >= 11 is 2.88. The molecular formula is C25H20N4O2S2. The van der Waals surface area contributed by atoms with E-state index in [0.29, 0.717) is 11.1 Å². The van der Waals surface area contributed by atoms with E-state index in [9.17, 15) is 4.79 Å². The number of thioether (sulfide) groups is 1. The van der Waals surface area contributed by atoms with Crippen molar-refractivity contribution in [3.05, 3.63) is 77.9 Å². The predicted molar refractivity (Wildman–Crippen MR) is 134 cm³/mol. The van der Waals surface area contributed by atoms with Crippen LogP contribution in [0.3, 0.4) is 0 Å². The lowest BCUT2D eigenvalue weighted by Gasteiger charge is -2.05. The number of aromatic nitrogens is 3. The van der Waals surface area contributed by atoms with E-state index in [1.54, 1.807) is 11.3 Å². The second-order valence-corrected chi connectivity index (χ2v) is 9.55. The van der Waals surface area contributed by atoms with Crippen molar-refractivity contribution in [1.82, 2.24) is 15.2 Å². The molecule has 8 heteroatoms. The van der Waals surface area contributed by atoms with Crippen molar-refractivity contribution in [3.63, 3.8) is 0 Å². The lowest BCUT2D eigenvalue weighted by molar-refractivity contribution is -0.113. The zero-order valence-electron chi connectivity index (χ0n) is 18.0. The summed E-state index contributed by atoms with van der Waals surface area (Å²) in [6, 6.07) is 21.8. The molecule has 0 aliphatic heterocycles. The fourth-order valence-corrected chi connectivity index (χ4v) is 5.00. The van der Waals surface area contributed by atoms with Gasteiger partial charge in [0.05, 0.1) is 16.0 Å².